The van der Waals surface area contributed by atoms with Crippen LogP contribution in [0.5, 0.6) is 0 Å². The van der Waals surface area contributed by atoms with E-state index in [2.05, 4.69) is 14.5 Å². The largest absolute Gasteiger partial charge is 0.761 e. The van der Waals surface area contributed by atoms with Crippen molar-refractivity contribution in [3.63, 3.8) is 0 Å². The summed E-state index contributed by atoms with van der Waals surface area (Å²) in [5.74, 6) is -4.43. The van der Waals surface area contributed by atoms with Crippen molar-refractivity contribution in [1.82, 2.24) is 4.98 Å². The second-order valence-electron chi connectivity index (χ2n) is 4.19. The van der Waals surface area contributed by atoms with E-state index in [0.29, 0.717) is 6.07 Å². The van der Waals surface area contributed by atoms with Crippen molar-refractivity contribution in [3.05, 3.63) is 28.7 Å². The molecular weight excluding hydrogens is 321 g/mol. The van der Waals surface area contributed by atoms with Crippen LogP contribution in [0.15, 0.2) is 12.3 Å². The number of hydrogen-bond acceptors (Lipinski definition) is 7. The highest BCUT2D eigenvalue weighted by molar-refractivity contribution is 6.00. The second kappa shape index (κ2) is 7.77. The highest BCUT2D eigenvalue weighted by Crippen LogP contribution is 2.36. The highest BCUT2D eigenvalue weighted by atomic mass is 19.4. The summed E-state index contributed by atoms with van der Waals surface area (Å²) in [7, 11) is 0. The molecule has 128 valence electrons. The third-order valence-corrected chi connectivity index (χ3v) is 2.66. The number of carbonyl (C=O) groups is 2. The van der Waals surface area contributed by atoms with Gasteiger partial charge in [0.25, 0.3) is 0 Å². The fourth-order valence-corrected chi connectivity index (χ4v) is 1.76. The summed E-state index contributed by atoms with van der Waals surface area (Å²) in [6.07, 6.45) is -4.16. The number of nitrogens with one attached hydrogen (secondary N) is 1. The van der Waals surface area contributed by atoms with Crippen LogP contribution in [-0.2, 0) is 25.2 Å². The molecule has 0 aliphatic carbocycles. The van der Waals surface area contributed by atoms with Crippen LogP contribution in [-0.4, -0.2) is 30.1 Å². The van der Waals surface area contributed by atoms with Gasteiger partial charge in [0.1, 0.15) is 0 Å². The quantitative estimate of drug-likeness (QED) is 0.483. The lowest BCUT2D eigenvalue weighted by molar-refractivity contribution is -0.157. The van der Waals surface area contributed by atoms with Crippen molar-refractivity contribution in [2.75, 3.05) is 18.7 Å². The molecule has 1 aromatic heterocycles. The van der Waals surface area contributed by atoms with Crippen LogP contribution in [0.4, 0.5) is 18.9 Å². The molecule has 10 heteroatoms. The van der Waals surface area contributed by atoms with Crippen molar-refractivity contribution in [1.29, 1.82) is 0 Å². The van der Waals surface area contributed by atoms with Crippen LogP contribution in [0.2, 0.25) is 0 Å². The first-order valence-electron chi connectivity index (χ1n) is 6.54. The van der Waals surface area contributed by atoms with Crippen LogP contribution in [0.25, 0.3) is 0 Å². The number of pyridine rings is 1. The molecule has 7 nitrogen and oxygen atoms in total. The SMILES string of the molecule is CCOC(=O)C(C(=O)OCC)c1ncc(N[O-])cc1C(F)(F)F. The lowest BCUT2D eigenvalue weighted by atomic mass is 9.99. The van der Waals surface area contributed by atoms with Gasteiger partial charge in [-0.15, -0.1) is 0 Å². The Morgan fingerprint density at radius 3 is 2.17 bits per heavy atom. The summed E-state index contributed by atoms with van der Waals surface area (Å²) in [4.78, 5) is 27.2. The lowest BCUT2D eigenvalue weighted by Crippen LogP contribution is -2.29. The minimum atomic E-state index is -4.94. The maximum absolute atomic E-state index is 13.1. The van der Waals surface area contributed by atoms with Crippen LogP contribution in [0.1, 0.15) is 31.0 Å². The normalized spacial score (nSPS) is 11.3. The summed E-state index contributed by atoms with van der Waals surface area (Å²) in [6.45, 7) is 2.58. The van der Waals surface area contributed by atoms with Gasteiger partial charge in [0.2, 0.25) is 0 Å². The van der Waals surface area contributed by atoms with E-state index in [-0.39, 0.29) is 13.2 Å². The molecular formula is C13H14F3N2O5-. The Labute approximate surface area is 129 Å². The van der Waals surface area contributed by atoms with Gasteiger partial charge in [0.05, 0.1) is 24.5 Å². The number of carbonyl (C=O) groups excluding carboxylic acids is 2. The van der Waals surface area contributed by atoms with Gasteiger partial charge >= 0.3 is 18.1 Å². The molecule has 0 fully saturated rings. The molecule has 0 aromatic carbocycles. The average molecular weight is 335 g/mol. The van der Waals surface area contributed by atoms with Gasteiger partial charge in [-0.25, -0.2) is 0 Å². The van der Waals surface area contributed by atoms with Crippen LogP contribution < -0.4 is 5.48 Å². The molecule has 0 atom stereocenters. The number of ether oxygens (including phenoxy) is 2. The summed E-state index contributed by atoms with van der Waals surface area (Å²) in [6, 6.07) is 0.459. The number of anilines is 1. The van der Waals surface area contributed by atoms with Gasteiger partial charge in [-0.1, -0.05) is 0 Å². The molecule has 0 spiro atoms. The van der Waals surface area contributed by atoms with Crippen molar-refractivity contribution < 1.29 is 32.2 Å². The molecule has 0 unspecified atom stereocenters. The summed E-state index contributed by atoms with van der Waals surface area (Å²) < 4.78 is 48.7. The van der Waals surface area contributed by atoms with Crippen molar-refractivity contribution in [3.8, 4) is 0 Å². The van der Waals surface area contributed by atoms with Gasteiger partial charge in [0, 0.05) is 11.9 Å². The second-order valence-corrected chi connectivity index (χ2v) is 4.19. The maximum atomic E-state index is 13.1. The lowest BCUT2D eigenvalue weighted by Gasteiger charge is -2.20. The van der Waals surface area contributed by atoms with E-state index in [1.165, 1.54) is 19.3 Å². The molecule has 1 aromatic rings. The molecule has 0 radical (unpaired) electrons. The summed E-state index contributed by atoms with van der Waals surface area (Å²) >= 11 is 0. The summed E-state index contributed by atoms with van der Waals surface area (Å²) in [5.41, 5.74) is -1.48. The maximum Gasteiger partial charge on any atom is 0.418 e. The van der Waals surface area contributed by atoms with Crippen molar-refractivity contribution >= 4 is 17.6 Å². The van der Waals surface area contributed by atoms with E-state index in [1.807, 2.05) is 0 Å². The molecule has 0 aliphatic heterocycles. The van der Waals surface area contributed by atoms with Gasteiger partial charge in [-0.3, -0.25) is 14.6 Å². The van der Waals surface area contributed by atoms with Gasteiger partial charge < -0.3 is 20.2 Å². The number of halogens is 3. The molecule has 0 amide bonds. The number of esters is 2. The minimum Gasteiger partial charge on any atom is -0.761 e. The van der Waals surface area contributed by atoms with Crippen molar-refractivity contribution in [2.24, 2.45) is 0 Å². The number of alkyl halides is 3. The molecule has 0 saturated heterocycles. The van der Waals surface area contributed by atoms with Crippen LogP contribution in [0.3, 0.4) is 0 Å². The molecule has 0 saturated carbocycles. The Bertz CT molecular complexity index is 559. The number of hydrogen-bond donors (Lipinski definition) is 1. The predicted molar refractivity (Wildman–Crippen MR) is 72.2 cm³/mol. The Kier molecular flexibility index (Phi) is 6.31. The molecule has 0 bridgehead atoms. The van der Waals surface area contributed by atoms with Gasteiger partial charge in [-0.2, -0.15) is 13.2 Å². The van der Waals surface area contributed by atoms with E-state index >= 15 is 0 Å². The van der Waals surface area contributed by atoms with E-state index in [4.69, 9.17) is 0 Å². The number of nitrogens with zero attached hydrogens (tertiary/aromatic N) is 1. The van der Waals surface area contributed by atoms with E-state index < -0.39 is 41.0 Å². The van der Waals surface area contributed by atoms with Gasteiger partial charge in [0.15, 0.2) is 5.92 Å². The first-order valence-corrected chi connectivity index (χ1v) is 6.54. The van der Waals surface area contributed by atoms with Crippen molar-refractivity contribution in [2.45, 2.75) is 25.9 Å². The Balaban J connectivity index is 3.45. The number of rotatable bonds is 6. The molecule has 23 heavy (non-hydrogen) atoms. The smallest absolute Gasteiger partial charge is 0.418 e. The first-order chi connectivity index (χ1) is 10.8. The Hall–Kier alpha value is -2.36. The van der Waals surface area contributed by atoms with Crippen LogP contribution >= 0.6 is 0 Å². The third-order valence-electron chi connectivity index (χ3n) is 2.66. The zero-order chi connectivity index (χ0) is 17.6. The molecule has 1 heterocycles. The molecule has 0 aliphatic rings. The zero-order valence-corrected chi connectivity index (χ0v) is 12.3. The Morgan fingerprint density at radius 2 is 1.78 bits per heavy atom. The predicted octanol–water partition coefficient (Wildman–Crippen LogP) is 2.22. The first kappa shape index (κ1) is 18.7. The zero-order valence-electron chi connectivity index (χ0n) is 12.3. The number of aromatic nitrogens is 1. The average Bonchev–Trinajstić information content (AvgIpc) is 2.47. The van der Waals surface area contributed by atoms with E-state index in [0.717, 1.165) is 6.20 Å². The van der Waals surface area contributed by atoms with Crippen LogP contribution in [0, 0.1) is 5.21 Å². The molecule has 1 rings (SSSR count). The van der Waals surface area contributed by atoms with E-state index in [1.54, 1.807) is 0 Å². The molecule has 1 N–H and O–H groups in total. The highest BCUT2D eigenvalue weighted by Gasteiger charge is 2.42. The standard InChI is InChI=1S/C13H14F3N2O5/c1-3-22-11(19)9(12(20)23-4-2)10-8(13(14,15)16)5-7(18-21)6-17-10/h5-6,9,18H,3-4H2,1-2H3/q-1. The fourth-order valence-electron chi connectivity index (χ4n) is 1.76. The monoisotopic (exact) mass is 335 g/mol. The van der Waals surface area contributed by atoms with E-state index in [9.17, 15) is 28.0 Å². The Morgan fingerprint density at radius 1 is 1.26 bits per heavy atom. The topological polar surface area (TPSA) is 101 Å². The minimum absolute atomic E-state index is 0.143. The third kappa shape index (κ3) is 4.55. The summed E-state index contributed by atoms with van der Waals surface area (Å²) in [5, 5.41) is 10.5. The van der Waals surface area contributed by atoms with Gasteiger partial charge in [-0.05, 0) is 19.9 Å². The fraction of sp³-hybridized carbons (Fsp3) is 0.462.